The van der Waals surface area contributed by atoms with Crippen LogP contribution in [0.15, 0.2) is 72.4 Å². The Morgan fingerprint density at radius 2 is 1.77 bits per heavy atom. The van der Waals surface area contributed by atoms with Crippen molar-refractivity contribution in [2.24, 2.45) is 0 Å². The highest BCUT2D eigenvalue weighted by Gasteiger charge is 2.13. The lowest BCUT2D eigenvalue weighted by Gasteiger charge is -2.09. The van der Waals surface area contributed by atoms with Crippen molar-refractivity contribution in [3.05, 3.63) is 101 Å². The lowest BCUT2D eigenvalue weighted by Crippen LogP contribution is -2.23. The van der Waals surface area contributed by atoms with Gasteiger partial charge >= 0.3 is 0 Å². The first-order valence-corrected chi connectivity index (χ1v) is 10.3. The summed E-state index contributed by atoms with van der Waals surface area (Å²) in [5, 5.41) is 5.14. The minimum atomic E-state index is -0.654. The van der Waals surface area contributed by atoms with Crippen molar-refractivity contribution in [1.29, 1.82) is 0 Å². The fraction of sp³-hybridized carbons (Fsp3) is 0.0870. The Morgan fingerprint density at radius 3 is 2.55 bits per heavy atom. The third-order valence-electron chi connectivity index (χ3n) is 4.47. The molecule has 4 aromatic rings. The summed E-state index contributed by atoms with van der Waals surface area (Å²) in [5.74, 6) is -1.14. The van der Waals surface area contributed by atoms with Crippen molar-refractivity contribution in [1.82, 2.24) is 15.3 Å². The van der Waals surface area contributed by atoms with Gasteiger partial charge in [0.05, 0.1) is 5.56 Å². The van der Waals surface area contributed by atoms with Crippen LogP contribution in [0.2, 0.25) is 0 Å². The Kier molecular flexibility index (Phi) is 6.28. The predicted molar refractivity (Wildman–Crippen MR) is 114 cm³/mol. The highest BCUT2D eigenvalue weighted by molar-refractivity contribution is 7.13. The van der Waals surface area contributed by atoms with Crippen molar-refractivity contribution >= 4 is 17.2 Å². The fourth-order valence-electron chi connectivity index (χ4n) is 2.83. The summed E-state index contributed by atoms with van der Waals surface area (Å²) in [6.07, 6.45) is 3.33. The van der Waals surface area contributed by atoms with Crippen LogP contribution < -0.4 is 10.1 Å². The van der Waals surface area contributed by atoms with Crippen molar-refractivity contribution in [2.75, 3.05) is 0 Å². The fourth-order valence-corrected chi connectivity index (χ4v) is 3.63. The Bertz CT molecular complexity index is 1180. The molecular weight excluding hydrogens is 420 g/mol. The summed E-state index contributed by atoms with van der Waals surface area (Å²) < 4.78 is 33.1. The van der Waals surface area contributed by atoms with Gasteiger partial charge in [0.25, 0.3) is 5.91 Å². The molecule has 0 radical (unpaired) electrons. The van der Waals surface area contributed by atoms with Crippen molar-refractivity contribution in [2.45, 2.75) is 13.2 Å². The van der Waals surface area contributed by atoms with Crippen molar-refractivity contribution in [3.8, 4) is 16.3 Å². The SMILES string of the molecule is O=C(NCc1ccncc1)c1csc(-c2cccc(OCc3c(F)cccc3F)c2)n1. The van der Waals surface area contributed by atoms with Gasteiger partial charge in [0.15, 0.2) is 0 Å². The molecule has 0 unspecified atom stereocenters. The molecule has 0 aliphatic heterocycles. The van der Waals surface area contributed by atoms with Gasteiger partial charge in [0.1, 0.15) is 34.7 Å². The van der Waals surface area contributed by atoms with Gasteiger partial charge in [-0.25, -0.2) is 13.8 Å². The van der Waals surface area contributed by atoms with E-state index in [1.165, 1.54) is 29.5 Å². The van der Waals surface area contributed by atoms with E-state index in [2.05, 4.69) is 15.3 Å². The molecule has 0 aliphatic rings. The molecular formula is C23H17F2N3O2S. The molecule has 2 heterocycles. The number of thiazole rings is 1. The normalized spacial score (nSPS) is 10.6. The standard InChI is InChI=1S/C23H17F2N3O2S/c24-19-5-2-6-20(25)18(19)13-30-17-4-1-3-16(11-17)23-28-21(14-31-23)22(29)27-12-15-7-9-26-10-8-15/h1-11,14H,12-13H2,(H,27,29). The summed E-state index contributed by atoms with van der Waals surface area (Å²) >= 11 is 1.32. The zero-order chi connectivity index (χ0) is 21.6. The van der Waals surface area contributed by atoms with Gasteiger partial charge in [-0.2, -0.15) is 0 Å². The molecule has 0 saturated heterocycles. The minimum absolute atomic E-state index is 0.129. The van der Waals surface area contributed by atoms with Crippen LogP contribution in [0.25, 0.3) is 10.6 Å². The zero-order valence-electron chi connectivity index (χ0n) is 16.2. The number of pyridine rings is 1. The van der Waals surface area contributed by atoms with E-state index in [0.717, 1.165) is 11.1 Å². The molecule has 0 fully saturated rings. The van der Waals surface area contributed by atoms with Crippen LogP contribution in [-0.4, -0.2) is 15.9 Å². The molecule has 0 saturated carbocycles. The largest absolute Gasteiger partial charge is 0.489 e. The van der Waals surface area contributed by atoms with Crippen LogP contribution in [0.1, 0.15) is 21.6 Å². The van der Waals surface area contributed by atoms with E-state index in [1.54, 1.807) is 36.0 Å². The van der Waals surface area contributed by atoms with Crippen LogP contribution in [0.5, 0.6) is 5.75 Å². The first-order chi connectivity index (χ1) is 15.1. The molecule has 1 N–H and O–H groups in total. The number of carbonyl (C=O) groups excluding carboxylic acids is 1. The molecule has 31 heavy (non-hydrogen) atoms. The molecule has 8 heteroatoms. The first kappa shape index (κ1) is 20.6. The van der Waals surface area contributed by atoms with Crippen LogP contribution in [-0.2, 0) is 13.2 Å². The topological polar surface area (TPSA) is 64.1 Å². The van der Waals surface area contributed by atoms with Crippen LogP contribution >= 0.6 is 11.3 Å². The second-order valence-corrected chi connectivity index (χ2v) is 7.45. The summed E-state index contributed by atoms with van der Waals surface area (Å²) in [6.45, 7) is 0.145. The van der Waals surface area contributed by atoms with Gasteiger partial charge < -0.3 is 10.1 Å². The number of rotatable bonds is 7. The maximum Gasteiger partial charge on any atom is 0.271 e. The van der Waals surface area contributed by atoms with Gasteiger partial charge in [-0.15, -0.1) is 11.3 Å². The summed E-state index contributed by atoms with van der Waals surface area (Å²) in [4.78, 5) is 20.7. The summed E-state index contributed by atoms with van der Waals surface area (Å²) in [5.41, 5.74) is 1.86. The second-order valence-electron chi connectivity index (χ2n) is 6.59. The van der Waals surface area contributed by atoms with Crippen LogP contribution in [0.3, 0.4) is 0 Å². The molecule has 1 amide bonds. The number of benzene rings is 2. The van der Waals surface area contributed by atoms with Gasteiger partial charge in [-0.05, 0) is 42.0 Å². The highest BCUT2D eigenvalue weighted by atomic mass is 32.1. The van der Waals surface area contributed by atoms with Crippen LogP contribution in [0.4, 0.5) is 8.78 Å². The second kappa shape index (κ2) is 9.44. The number of halogens is 2. The molecule has 2 aromatic heterocycles. The number of nitrogens with zero attached hydrogens (tertiary/aromatic N) is 2. The van der Waals surface area contributed by atoms with Gasteiger partial charge in [0, 0.05) is 29.9 Å². The summed E-state index contributed by atoms with van der Waals surface area (Å²) in [6, 6.07) is 14.3. The van der Waals surface area contributed by atoms with E-state index in [4.69, 9.17) is 4.74 Å². The lowest BCUT2D eigenvalue weighted by molar-refractivity contribution is 0.0946. The Morgan fingerprint density at radius 1 is 1.03 bits per heavy atom. The molecule has 4 rings (SSSR count). The number of amides is 1. The predicted octanol–water partition coefficient (Wildman–Crippen LogP) is 4.99. The molecule has 5 nitrogen and oxygen atoms in total. The molecule has 0 bridgehead atoms. The summed E-state index contributed by atoms with van der Waals surface area (Å²) in [7, 11) is 0. The van der Waals surface area contributed by atoms with E-state index in [-0.39, 0.29) is 18.1 Å². The third-order valence-corrected chi connectivity index (χ3v) is 5.36. The Labute approximate surface area is 181 Å². The Hall–Kier alpha value is -3.65. The maximum absolute atomic E-state index is 13.8. The first-order valence-electron chi connectivity index (χ1n) is 9.39. The van der Waals surface area contributed by atoms with Crippen molar-refractivity contribution in [3.63, 3.8) is 0 Å². The number of carbonyl (C=O) groups is 1. The highest BCUT2D eigenvalue weighted by Crippen LogP contribution is 2.27. The lowest BCUT2D eigenvalue weighted by atomic mass is 10.2. The number of hydrogen-bond donors (Lipinski definition) is 1. The van der Waals surface area contributed by atoms with Crippen LogP contribution in [0, 0.1) is 11.6 Å². The van der Waals surface area contributed by atoms with E-state index in [1.807, 2.05) is 18.2 Å². The van der Waals surface area contributed by atoms with Gasteiger partial charge in [0.2, 0.25) is 0 Å². The third kappa shape index (κ3) is 5.10. The Balaban J connectivity index is 1.42. The minimum Gasteiger partial charge on any atom is -0.489 e. The molecule has 0 atom stereocenters. The smallest absolute Gasteiger partial charge is 0.271 e. The average molecular weight is 437 g/mol. The number of hydrogen-bond acceptors (Lipinski definition) is 5. The number of aromatic nitrogens is 2. The van der Waals surface area contributed by atoms with E-state index in [9.17, 15) is 13.6 Å². The maximum atomic E-state index is 13.8. The van der Waals surface area contributed by atoms with Gasteiger partial charge in [-0.1, -0.05) is 18.2 Å². The van der Waals surface area contributed by atoms with Crippen molar-refractivity contribution < 1.29 is 18.3 Å². The molecule has 0 spiro atoms. The number of ether oxygens (including phenoxy) is 1. The molecule has 156 valence electrons. The monoisotopic (exact) mass is 437 g/mol. The van der Waals surface area contributed by atoms with E-state index >= 15 is 0 Å². The quantitative estimate of drug-likeness (QED) is 0.442. The average Bonchev–Trinajstić information content (AvgIpc) is 3.29. The number of nitrogens with one attached hydrogen (secondary N) is 1. The van der Waals surface area contributed by atoms with Gasteiger partial charge in [-0.3, -0.25) is 9.78 Å². The molecule has 2 aromatic carbocycles. The molecule has 0 aliphatic carbocycles. The zero-order valence-corrected chi connectivity index (χ0v) is 17.0. The van der Waals surface area contributed by atoms with E-state index in [0.29, 0.717) is 23.0 Å². The van der Waals surface area contributed by atoms with E-state index < -0.39 is 11.6 Å².